The van der Waals surface area contributed by atoms with Crippen molar-refractivity contribution in [2.45, 2.75) is 13.3 Å². The highest BCUT2D eigenvalue weighted by Crippen LogP contribution is 2.35. The molecule has 0 saturated heterocycles. The van der Waals surface area contributed by atoms with E-state index < -0.39 is 0 Å². The van der Waals surface area contributed by atoms with Crippen LogP contribution in [-0.2, 0) is 0 Å². The minimum absolute atomic E-state index is 0.0890. The number of hydrazone groups is 1. The van der Waals surface area contributed by atoms with Gasteiger partial charge in [0, 0.05) is 38.8 Å². The van der Waals surface area contributed by atoms with E-state index in [2.05, 4.69) is 15.7 Å². The van der Waals surface area contributed by atoms with Gasteiger partial charge in [-0.2, -0.15) is 5.10 Å². The van der Waals surface area contributed by atoms with Crippen molar-refractivity contribution in [1.29, 1.82) is 0 Å². The predicted molar refractivity (Wildman–Crippen MR) is 124 cm³/mol. The molecule has 0 radical (unpaired) electrons. The largest absolute Gasteiger partial charge is 0.382 e. The van der Waals surface area contributed by atoms with Gasteiger partial charge in [-0.3, -0.25) is 4.79 Å². The molecule has 0 aliphatic rings. The Hall–Kier alpha value is -3.65. The first-order valence-corrected chi connectivity index (χ1v) is 10.5. The number of carbonyl (C=O) groups excluding carboxylic acids is 1. The van der Waals surface area contributed by atoms with Gasteiger partial charge >= 0.3 is 0 Å². The average molecular weight is 419 g/mol. The Labute approximate surface area is 177 Å². The zero-order valence-corrected chi connectivity index (χ0v) is 17.3. The SMILES string of the molecule is CCCNC(=O)c1cccc(Nc2nc3cc(/C(N)=N/N)ccc3c3sccc23)c1. The second kappa shape index (κ2) is 8.38. The maximum absolute atomic E-state index is 12.3. The highest BCUT2D eigenvalue weighted by molar-refractivity contribution is 7.18. The average Bonchev–Trinajstić information content (AvgIpc) is 3.27. The van der Waals surface area contributed by atoms with E-state index in [4.69, 9.17) is 16.6 Å². The van der Waals surface area contributed by atoms with Crippen molar-refractivity contribution >= 4 is 55.6 Å². The molecule has 0 aliphatic carbocycles. The van der Waals surface area contributed by atoms with Crippen LogP contribution in [0.3, 0.4) is 0 Å². The van der Waals surface area contributed by atoms with Gasteiger partial charge in [0.1, 0.15) is 11.7 Å². The summed E-state index contributed by atoms with van der Waals surface area (Å²) in [4.78, 5) is 17.1. The first kappa shape index (κ1) is 19.7. The van der Waals surface area contributed by atoms with E-state index in [9.17, 15) is 4.79 Å². The zero-order chi connectivity index (χ0) is 21.1. The van der Waals surface area contributed by atoms with Crippen molar-refractivity contribution in [3.05, 3.63) is 65.0 Å². The summed E-state index contributed by atoms with van der Waals surface area (Å²) >= 11 is 1.65. The summed E-state index contributed by atoms with van der Waals surface area (Å²) < 4.78 is 1.12. The fraction of sp³-hybridized carbons (Fsp3) is 0.136. The van der Waals surface area contributed by atoms with Crippen molar-refractivity contribution in [1.82, 2.24) is 10.3 Å². The Morgan fingerprint density at radius 3 is 2.80 bits per heavy atom. The number of aromatic nitrogens is 1. The molecular weight excluding hydrogens is 396 g/mol. The molecule has 8 heteroatoms. The van der Waals surface area contributed by atoms with E-state index in [1.165, 1.54) is 0 Å². The third kappa shape index (κ3) is 3.77. The van der Waals surface area contributed by atoms with Gasteiger partial charge in [0.2, 0.25) is 0 Å². The summed E-state index contributed by atoms with van der Waals surface area (Å²) in [5.74, 6) is 6.20. The summed E-state index contributed by atoms with van der Waals surface area (Å²) in [5, 5.41) is 13.9. The standard InChI is InChI=1S/C22H22N6OS/c1-2-9-25-22(29)14-4-3-5-15(11-14)26-21-17-8-10-30-19(17)16-7-6-13(20(23)28-24)12-18(16)27-21/h3-8,10-12H,2,9,24H2,1H3,(H2,23,28)(H,25,29)(H,26,27). The Balaban J connectivity index is 1.75. The number of nitrogens with one attached hydrogen (secondary N) is 2. The van der Waals surface area contributed by atoms with E-state index in [1.807, 2.05) is 54.8 Å². The van der Waals surface area contributed by atoms with Gasteiger partial charge in [0.25, 0.3) is 5.91 Å². The molecule has 0 spiro atoms. The van der Waals surface area contributed by atoms with Gasteiger partial charge < -0.3 is 22.2 Å². The van der Waals surface area contributed by atoms with E-state index >= 15 is 0 Å². The lowest BCUT2D eigenvalue weighted by molar-refractivity contribution is 0.0953. The molecule has 6 N–H and O–H groups in total. The normalized spacial score (nSPS) is 11.7. The van der Waals surface area contributed by atoms with Crippen LogP contribution >= 0.6 is 11.3 Å². The highest BCUT2D eigenvalue weighted by atomic mass is 32.1. The number of thiophene rings is 1. The third-order valence-electron chi connectivity index (χ3n) is 4.75. The molecule has 152 valence electrons. The Morgan fingerprint density at radius 2 is 2.00 bits per heavy atom. The lowest BCUT2D eigenvalue weighted by Gasteiger charge is -2.11. The van der Waals surface area contributed by atoms with Crippen LogP contribution in [0.4, 0.5) is 11.5 Å². The monoisotopic (exact) mass is 418 g/mol. The molecule has 2 aromatic carbocycles. The van der Waals surface area contributed by atoms with Crippen molar-refractivity contribution in [3.63, 3.8) is 0 Å². The van der Waals surface area contributed by atoms with Gasteiger partial charge in [0.05, 0.1) is 5.52 Å². The van der Waals surface area contributed by atoms with Crippen LogP contribution in [0.2, 0.25) is 0 Å². The molecule has 0 aliphatic heterocycles. The maximum Gasteiger partial charge on any atom is 0.251 e. The molecule has 0 unspecified atom stereocenters. The van der Waals surface area contributed by atoms with E-state index in [1.54, 1.807) is 17.4 Å². The number of hydrogen-bond acceptors (Lipinski definition) is 6. The molecule has 0 saturated carbocycles. The van der Waals surface area contributed by atoms with Crippen LogP contribution in [0, 0.1) is 0 Å². The molecule has 0 bridgehead atoms. The lowest BCUT2D eigenvalue weighted by atomic mass is 10.1. The first-order chi connectivity index (χ1) is 14.6. The second-order valence-corrected chi connectivity index (χ2v) is 7.75. The van der Waals surface area contributed by atoms with Crippen molar-refractivity contribution in [3.8, 4) is 0 Å². The number of benzene rings is 2. The number of pyridine rings is 1. The fourth-order valence-corrected chi connectivity index (χ4v) is 4.18. The summed E-state index contributed by atoms with van der Waals surface area (Å²) in [6.07, 6.45) is 0.891. The van der Waals surface area contributed by atoms with Crippen LogP contribution in [0.5, 0.6) is 0 Å². The number of amides is 1. The lowest BCUT2D eigenvalue weighted by Crippen LogP contribution is -2.23. The Bertz CT molecular complexity index is 1260. The van der Waals surface area contributed by atoms with E-state index in [0.29, 0.717) is 23.5 Å². The van der Waals surface area contributed by atoms with Crippen LogP contribution in [-0.4, -0.2) is 23.3 Å². The number of nitrogens with two attached hydrogens (primary N) is 2. The van der Waals surface area contributed by atoms with Gasteiger partial charge in [-0.25, -0.2) is 4.98 Å². The minimum atomic E-state index is -0.0890. The van der Waals surface area contributed by atoms with Gasteiger partial charge in [-0.1, -0.05) is 25.1 Å². The van der Waals surface area contributed by atoms with E-state index in [0.717, 1.165) is 33.1 Å². The molecule has 30 heavy (non-hydrogen) atoms. The maximum atomic E-state index is 12.3. The topological polar surface area (TPSA) is 118 Å². The molecule has 1 amide bonds. The number of nitrogens with zero attached hydrogens (tertiary/aromatic N) is 2. The number of amidine groups is 1. The zero-order valence-electron chi connectivity index (χ0n) is 16.5. The van der Waals surface area contributed by atoms with Crippen LogP contribution < -0.4 is 22.2 Å². The van der Waals surface area contributed by atoms with Gasteiger partial charge in [0.15, 0.2) is 0 Å². The van der Waals surface area contributed by atoms with Gasteiger partial charge in [-0.15, -0.1) is 11.3 Å². The highest BCUT2D eigenvalue weighted by Gasteiger charge is 2.12. The van der Waals surface area contributed by atoms with Crippen LogP contribution in [0.15, 0.2) is 59.0 Å². The summed E-state index contributed by atoms with van der Waals surface area (Å²) in [6.45, 7) is 2.67. The number of hydrogen-bond donors (Lipinski definition) is 4. The number of rotatable bonds is 6. The Kier molecular flexibility index (Phi) is 5.49. The van der Waals surface area contributed by atoms with Gasteiger partial charge in [-0.05, 0) is 42.1 Å². The predicted octanol–water partition coefficient (Wildman–Crippen LogP) is 3.91. The molecule has 2 heterocycles. The summed E-state index contributed by atoms with van der Waals surface area (Å²) in [5.41, 5.74) is 8.76. The quantitative estimate of drug-likeness (QED) is 0.164. The summed E-state index contributed by atoms with van der Waals surface area (Å²) in [6, 6.07) is 15.2. The number of carbonyl (C=O) groups is 1. The second-order valence-electron chi connectivity index (χ2n) is 6.83. The fourth-order valence-electron chi connectivity index (χ4n) is 3.25. The first-order valence-electron chi connectivity index (χ1n) is 9.60. The molecule has 2 aromatic heterocycles. The number of anilines is 2. The molecule has 0 fully saturated rings. The molecule has 4 aromatic rings. The molecule has 0 atom stereocenters. The summed E-state index contributed by atoms with van der Waals surface area (Å²) in [7, 11) is 0. The molecular formula is C22H22N6OS. The third-order valence-corrected chi connectivity index (χ3v) is 5.70. The minimum Gasteiger partial charge on any atom is -0.382 e. The van der Waals surface area contributed by atoms with Crippen LogP contribution in [0.1, 0.15) is 29.3 Å². The smallest absolute Gasteiger partial charge is 0.251 e. The van der Waals surface area contributed by atoms with Crippen molar-refractivity contribution in [2.75, 3.05) is 11.9 Å². The van der Waals surface area contributed by atoms with E-state index in [-0.39, 0.29) is 11.7 Å². The van der Waals surface area contributed by atoms with Crippen LogP contribution in [0.25, 0.3) is 21.0 Å². The number of fused-ring (bicyclic) bond motifs is 3. The molecule has 4 rings (SSSR count). The Morgan fingerprint density at radius 1 is 1.13 bits per heavy atom. The van der Waals surface area contributed by atoms with Crippen molar-refractivity contribution in [2.24, 2.45) is 16.7 Å². The van der Waals surface area contributed by atoms with Crippen molar-refractivity contribution < 1.29 is 4.79 Å². The molecule has 7 nitrogen and oxygen atoms in total.